The molecule has 8 nitrogen and oxygen atoms in total. The standard InChI is InChI=1S/C19H14FN5O.C2HF3O2/c1-11(26)24-15-10-13(6-7-21-15)17-16(12-2-4-14(20)5-3-12)18-19(25-17)23-9-8-22-18;3-2(4,5)1(6)7/h2-10H,1H3,(H,23,25)(H,21,24,26);(H,6,7). The number of anilines is 1. The fourth-order valence-corrected chi connectivity index (χ4v) is 2.86. The van der Waals surface area contributed by atoms with Gasteiger partial charge in [0, 0.05) is 36.6 Å². The molecule has 33 heavy (non-hydrogen) atoms. The highest BCUT2D eigenvalue weighted by molar-refractivity contribution is 6.00. The van der Waals surface area contributed by atoms with E-state index in [9.17, 15) is 22.4 Å². The monoisotopic (exact) mass is 461 g/mol. The lowest BCUT2D eigenvalue weighted by Crippen LogP contribution is -2.21. The minimum absolute atomic E-state index is 0.201. The number of fused-ring (bicyclic) bond motifs is 1. The van der Waals surface area contributed by atoms with E-state index in [0.29, 0.717) is 17.0 Å². The minimum Gasteiger partial charge on any atom is -0.475 e. The Hall–Kier alpha value is -4.35. The average Bonchev–Trinajstić information content (AvgIpc) is 3.13. The van der Waals surface area contributed by atoms with Crippen molar-refractivity contribution >= 4 is 28.9 Å². The Kier molecular flexibility index (Phi) is 6.66. The number of aromatic amines is 1. The van der Waals surface area contributed by atoms with Gasteiger partial charge in [-0.1, -0.05) is 12.1 Å². The molecule has 4 aromatic rings. The number of hydrogen-bond acceptors (Lipinski definition) is 5. The van der Waals surface area contributed by atoms with E-state index >= 15 is 0 Å². The number of carboxylic acid groups (broad SMARTS) is 1. The van der Waals surface area contributed by atoms with Crippen LogP contribution in [0.2, 0.25) is 0 Å². The molecular formula is C21H15F4N5O3. The zero-order chi connectivity index (χ0) is 24.2. The molecule has 1 amide bonds. The lowest BCUT2D eigenvalue weighted by molar-refractivity contribution is -0.192. The summed E-state index contributed by atoms with van der Waals surface area (Å²) in [6.45, 7) is 1.43. The number of carboxylic acids is 1. The number of amides is 1. The number of aromatic nitrogens is 4. The van der Waals surface area contributed by atoms with Crippen molar-refractivity contribution in [1.82, 2.24) is 19.9 Å². The Balaban J connectivity index is 0.000000383. The van der Waals surface area contributed by atoms with Crippen molar-refractivity contribution in [2.75, 3.05) is 5.32 Å². The third-order valence-corrected chi connectivity index (χ3v) is 4.16. The van der Waals surface area contributed by atoms with Crippen LogP contribution in [0.3, 0.4) is 0 Å². The number of alkyl halides is 3. The zero-order valence-corrected chi connectivity index (χ0v) is 16.8. The highest BCUT2D eigenvalue weighted by atomic mass is 19.4. The van der Waals surface area contributed by atoms with Crippen LogP contribution < -0.4 is 5.32 Å². The largest absolute Gasteiger partial charge is 0.490 e. The molecule has 0 unspecified atom stereocenters. The van der Waals surface area contributed by atoms with Crippen molar-refractivity contribution in [2.24, 2.45) is 0 Å². The van der Waals surface area contributed by atoms with Crippen LogP contribution in [0.1, 0.15) is 6.92 Å². The predicted octanol–water partition coefficient (Wildman–Crippen LogP) is 4.42. The van der Waals surface area contributed by atoms with E-state index in [2.05, 4.69) is 25.3 Å². The molecule has 0 saturated heterocycles. The summed E-state index contributed by atoms with van der Waals surface area (Å²) >= 11 is 0. The number of carbonyl (C=O) groups excluding carboxylic acids is 1. The van der Waals surface area contributed by atoms with Gasteiger partial charge in [0.15, 0.2) is 5.65 Å². The Morgan fingerprint density at radius 1 is 0.970 bits per heavy atom. The molecule has 3 aromatic heterocycles. The topological polar surface area (TPSA) is 121 Å². The van der Waals surface area contributed by atoms with Gasteiger partial charge in [0.25, 0.3) is 0 Å². The second-order valence-corrected chi connectivity index (χ2v) is 6.55. The van der Waals surface area contributed by atoms with Crippen LogP contribution >= 0.6 is 0 Å². The number of nitrogens with one attached hydrogen (secondary N) is 2. The number of nitrogens with zero attached hydrogens (tertiary/aromatic N) is 3. The van der Waals surface area contributed by atoms with Crippen LogP contribution in [0, 0.1) is 5.82 Å². The molecule has 0 radical (unpaired) electrons. The zero-order valence-electron chi connectivity index (χ0n) is 16.8. The number of halogens is 4. The third kappa shape index (κ3) is 5.67. The van der Waals surface area contributed by atoms with E-state index in [0.717, 1.165) is 22.4 Å². The first-order chi connectivity index (χ1) is 15.6. The normalized spacial score (nSPS) is 10.9. The highest BCUT2D eigenvalue weighted by Gasteiger charge is 2.38. The SMILES string of the molecule is CC(=O)Nc1cc(-c2[nH]c3nccnc3c2-c2ccc(F)cc2)ccn1.O=C(O)C(F)(F)F. The summed E-state index contributed by atoms with van der Waals surface area (Å²) in [5.74, 6) is -2.82. The lowest BCUT2D eigenvalue weighted by atomic mass is 10.0. The van der Waals surface area contributed by atoms with Gasteiger partial charge in [0.05, 0.1) is 5.69 Å². The Labute approximate surface area is 183 Å². The molecule has 0 aliphatic rings. The molecule has 0 spiro atoms. The average molecular weight is 461 g/mol. The maximum Gasteiger partial charge on any atom is 0.490 e. The number of aliphatic carboxylic acids is 1. The van der Waals surface area contributed by atoms with Gasteiger partial charge in [-0.3, -0.25) is 9.78 Å². The Morgan fingerprint density at radius 3 is 2.21 bits per heavy atom. The molecule has 0 fully saturated rings. The van der Waals surface area contributed by atoms with Crippen molar-refractivity contribution in [1.29, 1.82) is 0 Å². The Bertz CT molecular complexity index is 1300. The van der Waals surface area contributed by atoms with Crippen LogP contribution in [0.5, 0.6) is 0 Å². The van der Waals surface area contributed by atoms with Crippen LogP contribution in [-0.4, -0.2) is 43.1 Å². The van der Waals surface area contributed by atoms with E-state index in [1.165, 1.54) is 19.1 Å². The fraction of sp³-hybridized carbons (Fsp3) is 0.0952. The molecule has 3 heterocycles. The van der Waals surface area contributed by atoms with Gasteiger partial charge in [-0.05, 0) is 29.8 Å². The lowest BCUT2D eigenvalue weighted by Gasteiger charge is -2.07. The first-order valence-corrected chi connectivity index (χ1v) is 9.19. The summed E-state index contributed by atoms with van der Waals surface area (Å²) in [5, 5.41) is 9.80. The van der Waals surface area contributed by atoms with E-state index in [1.807, 2.05) is 6.07 Å². The maximum absolute atomic E-state index is 13.4. The molecule has 170 valence electrons. The van der Waals surface area contributed by atoms with E-state index < -0.39 is 12.1 Å². The second-order valence-electron chi connectivity index (χ2n) is 6.55. The van der Waals surface area contributed by atoms with Crippen molar-refractivity contribution in [3.63, 3.8) is 0 Å². The molecule has 0 bridgehead atoms. The predicted molar refractivity (Wildman–Crippen MR) is 111 cm³/mol. The van der Waals surface area contributed by atoms with Gasteiger partial charge in [-0.2, -0.15) is 13.2 Å². The van der Waals surface area contributed by atoms with Crippen LogP contribution in [0.25, 0.3) is 33.5 Å². The molecule has 4 rings (SSSR count). The van der Waals surface area contributed by atoms with Crippen molar-refractivity contribution in [3.05, 3.63) is 60.8 Å². The van der Waals surface area contributed by atoms with Crippen molar-refractivity contribution < 1.29 is 32.3 Å². The number of carbonyl (C=O) groups is 2. The van der Waals surface area contributed by atoms with Gasteiger partial charge >= 0.3 is 12.1 Å². The van der Waals surface area contributed by atoms with E-state index in [-0.39, 0.29) is 11.7 Å². The molecule has 12 heteroatoms. The Morgan fingerprint density at radius 2 is 1.61 bits per heavy atom. The number of H-pyrrole nitrogens is 1. The fourth-order valence-electron chi connectivity index (χ4n) is 2.86. The number of rotatable bonds is 3. The smallest absolute Gasteiger partial charge is 0.475 e. The third-order valence-electron chi connectivity index (χ3n) is 4.16. The summed E-state index contributed by atoms with van der Waals surface area (Å²) in [6, 6.07) is 9.80. The minimum atomic E-state index is -5.08. The molecule has 0 aliphatic carbocycles. The van der Waals surface area contributed by atoms with Crippen molar-refractivity contribution in [3.8, 4) is 22.4 Å². The number of hydrogen-bond donors (Lipinski definition) is 3. The molecule has 0 atom stereocenters. The maximum atomic E-state index is 13.4. The van der Waals surface area contributed by atoms with Gasteiger partial charge in [0.2, 0.25) is 5.91 Å². The molecular weight excluding hydrogens is 446 g/mol. The van der Waals surface area contributed by atoms with Crippen LogP contribution in [0.15, 0.2) is 55.0 Å². The van der Waals surface area contributed by atoms with E-state index in [1.54, 1.807) is 36.8 Å². The molecule has 3 N–H and O–H groups in total. The highest BCUT2D eigenvalue weighted by Crippen LogP contribution is 2.37. The second kappa shape index (κ2) is 9.42. The van der Waals surface area contributed by atoms with Gasteiger partial charge in [-0.25, -0.2) is 19.2 Å². The molecule has 0 aliphatic heterocycles. The first kappa shape index (κ1) is 23.3. The van der Waals surface area contributed by atoms with Crippen molar-refractivity contribution in [2.45, 2.75) is 13.1 Å². The van der Waals surface area contributed by atoms with Gasteiger partial charge in [0.1, 0.15) is 17.2 Å². The summed E-state index contributed by atoms with van der Waals surface area (Å²) < 4.78 is 45.1. The molecule has 1 aromatic carbocycles. The number of pyridine rings is 1. The van der Waals surface area contributed by atoms with Crippen LogP contribution in [-0.2, 0) is 9.59 Å². The summed E-state index contributed by atoms with van der Waals surface area (Å²) in [5.41, 5.74) is 4.51. The first-order valence-electron chi connectivity index (χ1n) is 9.19. The van der Waals surface area contributed by atoms with E-state index in [4.69, 9.17) is 9.90 Å². The summed E-state index contributed by atoms with van der Waals surface area (Å²) in [4.78, 5) is 36.4. The number of benzene rings is 1. The van der Waals surface area contributed by atoms with Gasteiger partial charge < -0.3 is 15.4 Å². The quantitative estimate of drug-likeness (QED) is 0.389. The summed E-state index contributed by atoms with van der Waals surface area (Å²) in [7, 11) is 0. The van der Waals surface area contributed by atoms with Gasteiger partial charge in [-0.15, -0.1) is 0 Å². The van der Waals surface area contributed by atoms with Crippen LogP contribution in [0.4, 0.5) is 23.4 Å². The molecule has 0 saturated carbocycles. The summed E-state index contributed by atoms with van der Waals surface area (Å²) in [6.07, 6.45) is -0.254.